The van der Waals surface area contributed by atoms with Crippen LogP contribution in [0.25, 0.3) is 0 Å². The van der Waals surface area contributed by atoms with Crippen LogP contribution in [0.15, 0.2) is 48.2 Å². The number of hydroxylamine groups is 2. The van der Waals surface area contributed by atoms with Crippen LogP contribution in [-0.2, 0) is 16.7 Å². The maximum atomic E-state index is 11.5. The number of hydrogen-bond acceptors (Lipinski definition) is 3. The molecule has 0 aromatic heterocycles. The van der Waals surface area contributed by atoms with Gasteiger partial charge in [-0.2, -0.15) is 8.42 Å². The first-order chi connectivity index (χ1) is 8.58. The molecule has 1 aliphatic heterocycles. The zero-order valence-electron chi connectivity index (χ0n) is 9.88. The van der Waals surface area contributed by atoms with Crippen LogP contribution < -0.4 is 5.06 Å². The van der Waals surface area contributed by atoms with Crippen molar-refractivity contribution in [3.05, 3.63) is 64.5 Å². The highest BCUT2D eigenvalue weighted by Gasteiger charge is 2.18. The third-order valence-corrected chi connectivity index (χ3v) is 3.54. The fourth-order valence-electron chi connectivity index (χ4n) is 1.82. The van der Waals surface area contributed by atoms with Gasteiger partial charge in [-0.15, -0.1) is 0 Å². The van der Waals surface area contributed by atoms with Crippen molar-refractivity contribution in [2.24, 2.45) is 0 Å². The minimum Gasteiger partial charge on any atom is -0.623 e. The maximum Gasteiger partial charge on any atom is 0.277 e. The smallest absolute Gasteiger partial charge is 0.277 e. The summed E-state index contributed by atoms with van der Waals surface area (Å²) < 4.78 is 22.2. The molecule has 18 heavy (non-hydrogen) atoms. The summed E-state index contributed by atoms with van der Waals surface area (Å²) >= 11 is 0. The Balaban J connectivity index is 2.33. The fourth-order valence-corrected chi connectivity index (χ4v) is 2.40. The molecule has 1 atom stereocenters. The Morgan fingerprint density at radius 2 is 1.89 bits per heavy atom. The van der Waals surface area contributed by atoms with Gasteiger partial charge in [0.1, 0.15) is 6.20 Å². The molecule has 1 aromatic rings. The molecule has 0 fully saturated rings. The van der Waals surface area contributed by atoms with Crippen LogP contribution in [0.2, 0.25) is 0 Å². The molecule has 0 spiro atoms. The van der Waals surface area contributed by atoms with Crippen LogP contribution in [-0.4, -0.2) is 13.4 Å². The Morgan fingerprint density at radius 3 is 2.50 bits per heavy atom. The molecule has 0 bridgehead atoms. The summed E-state index contributed by atoms with van der Waals surface area (Å²) in [4.78, 5) is -0.127. The van der Waals surface area contributed by atoms with E-state index >= 15 is 0 Å². The van der Waals surface area contributed by atoms with Gasteiger partial charge >= 0.3 is 0 Å². The molecule has 5 heteroatoms. The van der Waals surface area contributed by atoms with Crippen LogP contribution in [0.4, 0.5) is 0 Å². The van der Waals surface area contributed by atoms with E-state index in [0.717, 1.165) is 11.1 Å². The van der Waals surface area contributed by atoms with E-state index in [9.17, 15) is 13.6 Å². The third-order valence-electron chi connectivity index (χ3n) is 2.74. The van der Waals surface area contributed by atoms with E-state index in [1.165, 1.54) is 6.20 Å². The van der Waals surface area contributed by atoms with Gasteiger partial charge in [0, 0.05) is 12.0 Å². The topological polar surface area (TPSA) is 61.6 Å². The van der Waals surface area contributed by atoms with Crippen molar-refractivity contribution in [3.63, 3.8) is 0 Å². The van der Waals surface area contributed by atoms with Crippen LogP contribution in [0, 0.1) is 12.1 Å². The quantitative estimate of drug-likeness (QED) is 0.620. The summed E-state index contributed by atoms with van der Waals surface area (Å²) in [5, 5.41) is 11.1. The van der Waals surface area contributed by atoms with Gasteiger partial charge in [-0.3, -0.25) is 0 Å². The molecule has 1 aromatic carbocycles. The average Bonchev–Trinajstić information content (AvgIpc) is 2.32. The molecule has 1 heterocycles. The number of nitrogens with one attached hydrogen (secondary N) is 1. The molecule has 0 saturated heterocycles. The lowest BCUT2D eigenvalue weighted by Gasteiger charge is -2.21. The molecule has 2 rings (SSSR count). The second-order valence-corrected chi connectivity index (χ2v) is 5.02. The molecule has 0 radical (unpaired) electrons. The highest BCUT2D eigenvalue weighted by Crippen LogP contribution is 2.10. The standard InChI is InChI=1S/C13H13NO3S/c1-10-4-6-11(7-5-10)9-12-3-2-8-14(15)13(12)18(16)17/h2-8,14H,9H2,1H3. The lowest BCUT2D eigenvalue weighted by atomic mass is 10.0. The van der Waals surface area contributed by atoms with Crippen molar-refractivity contribution < 1.29 is 13.5 Å². The van der Waals surface area contributed by atoms with Crippen molar-refractivity contribution in [1.29, 1.82) is 0 Å². The summed E-state index contributed by atoms with van der Waals surface area (Å²) in [6.45, 7) is 1.99. The maximum absolute atomic E-state index is 11.5. The van der Waals surface area contributed by atoms with Crippen LogP contribution in [0.5, 0.6) is 0 Å². The second kappa shape index (κ2) is 5.30. The minimum atomic E-state index is -2.49. The predicted octanol–water partition coefficient (Wildman–Crippen LogP) is 0.383. The van der Waals surface area contributed by atoms with Crippen molar-refractivity contribution >= 4 is 15.3 Å². The molecule has 1 unspecified atom stereocenters. The third kappa shape index (κ3) is 2.76. The number of aryl methyl sites for hydroxylation is 1. The summed E-state index contributed by atoms with van der Waals surface area (Å²) in [5.74, 6) is 0. The van der Waals surface area contributed by atoms with E-state index in [4.69, 9.17) is 0 Å². The number of allylic oxidation sites excluding steroid dienone is 2. The van der Waals surface area contributed by atoms with Crippen molar-refractivity contribution in [2.45, 2.75) is 13.3 Å². The first-order valence-electron chi connectivity index (χ1n) is 5.51. The van der Waals surface area contributed by atoms with Crippen LogP contribution in [0.3, 0.4) is 0 Å². The first-order valence-corrected chi connectivity index (χ1v) is 6.59. The molecule has 0 amide bonds. The Bertz CT molecular complexity index is 631. The summed E-state index contributed by atoms with van der Waals surface area (Å²) in [7, 11) is -2.49. The number of quaternary nitrogens is 1. The highest BCUT2D eigenvalue weighted by molar-refractivity contribution is 7.72. The minimum absolute atomic E-state index is 0.127. The molecule has 1 aliphatic rings. The van der Waals surface area contributed by atoms with Crippen LogP contribution in [0.1, 0.15) is 11.1 Å². The van der Waals surface area contributed by atoms with E-state index in [1.54, 1.807) is 12.2 Å². The van der Waals surface area contributed by atoms with Crippen molar-refractivity contribution in [1.82, 2.24) is 0 Å². The van der Waals surface area contributed by atoms with E-state index < -0.39 is 15.4 Å². The Hall–Kier alpha value is -1.69. The number of hydrogen-bond donors (Lipinski definition) is 1. The zero-order chi connectivity index (χ0) is 13.1. The molecule has 0 aliphatic carbocycles. The van der Waals surface area contributed by atoms with Gasteiger partial charge in [0.2, 0.25) is 0 Å². The summed E-state index contributed by atoms with van der Waals surface area (Å²) in [6.07, 6.45) is 4.97. The number of rotatable bonds is 2. The first kappa shape index (κ1) is 12.8. The van der Waals surface area contributed by atoms with E-state index in [0.29, 0.717) is 12.0 Å². The van der Waals surface area contributed by atoms with Crippen LogP contribution >= 0.6 is 0 Å². The molecular weight excluding hydrogens is 250 g/mol. The van der Waals surface area contributed by atoms with Gasteiger partial charge in [0.05, 0.1) is 0 Å². The molecule has 94 valence electrons. The summed E-state index contributed by atoms with van der Waals surface area (Å²) in [6, 6.07) is 7.79. The lowest BCUT2D eigenvalue weighted by molar-refractivity contribution is -0.680. The number of benzene rings is 1. The van der Waals surface area contributed by atoms with Gasteiger partial charge in [0.25, 0.3) is 15.3 Å². The van der Waals surface area contributed by atoms with E-state index in [1.807, 2.05) is 31.2 Å². The molecular formula is C13H13NO3S. The summed E-state index contributed by atoms with van der Waals surface area (Å²) in [5.41, 5.74) is 2.67. The van der Waals surface area contributed by atoms with E-state index in [-0.39, 0.29) is 4.99 Å². The highest BCUT2D eigenvalue weighted by atomic mass is 32.2. The van der Waals surface area contributed by atoms with Gasteiger partial charge in [-0.1, -0.05) is 29.8 Å². The van der Waals surface area contributed by atoms with Gasteiger partial charge in [-0.25, -0.2) is 0 Å². The zero-order valence-corrected chi connectivity index (χ0v) is 10.7. The normalized spacial score (nSPS) is 18.7. The molecule has 1 N–H and O–H groups in total. The van der Waals surface area contributed by atoms with Gasteiger partial charge in [-0.05, 0) is 24.6 Å². The Labute approximate surface area is 107 Å². The Kier molecular flexibility index (Phi) is 3.76. The predicted molar refractivity (Wildman–Crippen MR) is 70.4 cm³/mol. The largest absolute Gasteiger partial charge is 0.623 e. The fraction of sp³-hybridized carbons (Fsp3) is 0.154. The average molecular weight is 263 g/mol. The van der Waals surface area contributed by atoms with Gasteiger partial charge in [0.15, 0.2) is 0 Å². The molecule has 0 saturated carbocycles. The van der Waals surface area contributed by atoms with Crippen molar-refractivity contribution in [3.8, 4) is 0 Å². The SMILES string of the molecule is Cc1ccc(CC2=CC=C[NH+]([O-])C2=S(=O)=O)cc1. The Morgan fingerprint density at radius 1 is 1.22 bits per heavy atom. The monoisotopic (exact) mass is 263 g/mol. The van der Waals surface area contributed by atoms with E-state index in [2.05, 4.69) is 0 Å². The van der Waals surface area contributed by atoms with Gasteiger partial charge < -0.3 is 10.3 Å². The molecule has 4 nitrogen and oxygen atoms in total. The second-order valence-electron chi connectivity index (χ2n) is 4.14. The van der Waals surface area contributed by atoms with Crippen molar-refractivity contribution in [2.75, 3.05) is 0 Å². The lowest BCUT2D eigenvalue weighted by Crippen LogP contribution is -3.06.